The Kier molecular flexibility index (Phi) is 4.69. The van der Waals surface area contributed by atoms with Crippen molar-refractivity contribution in [2.75, 3.05) is 0 Å². The first kappa shape index (κ1) is 18.6. The van der Waals surface area contributed by atoms with Crippen LogP contribution in [0.3, 0.4) is 0 Å². The Morgan fingerprint density at radius 1 is 0.871 bits per heavy atom. The number of imidazole rings is 1. The molecule has 3 N–H and O–H groups in total. The lowest BCUT2D eigenvalue weighted by Gasteiger charge is -2.11. The number of fused-ring (bicyclic) bond motifs is 2. The first-order valence-electron chi connectivity index (χ1n) is 9.93. The molecule has 1 aromatic heterocycles. The van der Waals surface area contributed by atoms with Gasteiger partial charge in [-0.3, -0.25) is 4.79 Å². The molecule has 0 unspecified atom stereocenters. The highest BCUT2D eigenvalue weighted by atomic mass is 16.3. The highest BCUT2D eigenvalue weighted by Gasteiger charge is 2.15. The number of aromatic amines is 1. The van der Waals surface area contributed by atoms with Crippen LogP contribution in [0, 0.1) is 0 Å². The van der Waals surface area contributed by atoms with Crippen molar-refractivity contribution in [1.29, 1.82) is 0 Å². The zero-order valence-electron chi connectivity index (χ0n) is 16.5. The second-order valence-electron chi connectivity index (χ2n) is 7.20. The fourth-order valence-corrected chi connectivity index (χ4v) is 3.61. The van der Waals surface area contributed by atoms with Crippen molar-refractivity contribution >= 4 is 39.5 Å². The van der Waals surface area contributed by atoms with Gasteiger partial charge in [-0.15, -0.1) is 0 Å². The monoisotopic (exact) mass is 405 g/mol. The molecule has 0 fully saturated rings. The van der Waals surface area contributed by atoms with Gasteiger partial charge in [-0.05, 0) is 47.2 Å². The lowest BCUT2D eigenvalue weighted by atomic mass is 10.0. The van der Waals surface area contributed by atoms with E-state index in [4.69, 9.17) is 0 Å². The summed E-state index contributed by atoms with van der Waals surface area (Å²) in [4.78, 5) is 20.8. The van der Waals surface area contributed by atoms with E-state index in [0.29, 0.717) is 22.6 Å². The van der Waals surface area contributed by atoms with E-state index in [0.717, 1.165) is 21.8 Å². The number of phenols is 1. The van der Waals surface area contributed by atoms with Crippen LogP contribution in [0.4, 0.5) is 0 Å². The van der Waals surface area contributed by atoms with Crippen molar-refractivity contribution in [2.45, 2.75) is 0 Å². The van der Waals surface area contributed by atoms with Crippen molar-refractivity contribution in [1.82, 2.24) is 15.3 Å². The van der Waals surface area contributed by atoms with Gasteiger partial charge in [0.05, 0.1) is 16.7 Å². The van der Waals surface area contributed by atoms with E-state index in [1.807, 2.05) is 72.8 Å². The van der Waals surface area contributed by atoms with Gasteiger partial charge in [0.15, 0.2) is 5.82 Å². The summed E-state index contributed by atoms with van der Waals surface area (Å²) in [7, 11) is 0. The van der Waals surface area contributed by atoms with E-state index in [2.05, 4.69) is 15.3 Å². The van der Waals surface area contributed by atoms with Gasteiger partial charge < -0.3 is 15.4 Å². The Balaban J connectivity index is 1.67. The van der Waals surface area contributed by atoms with Crippen LogP contribution in [0.1, 0.15) is 21.7 Å². The number of benzene rings is 4. The van der Waals surface area contributed by atoms with Crippen molar-refractivity contribution in [2.24, 2.45) is 0 Å². The zero-order chi connectivity index (χ0) is 21.2. The van der Waals surface area contributed by atoms with Gasteiger partial charge in [0, 0.05) is 11.1 Å². The highest BCUT2D eigenvalue weighted by molar-refractivity contribution is 6.04. The summed E-state index contributed by atoms with van der Waals surface area (Å²) >= 11 is 0. The molecule has 0 atom stereocenters. The molecule has 0 saturated heterocycles. The molecule has 0 radical (unpaired) electrons. The number of nitrogens with zero attached hydrogens (tertiary/aromatic N) is 1. The molecule has 4 aromatic carbocycles. The largest absolute Gasteiger partial charge is 0.507 e. The average molecular weight is 405 g/mol. The first-order chi connectivity index (χ1) is 15.2. The number of H-pyrrole nitrogens is 1. The Hall–Kier alpha value is -4.38. The number of aromatic hydroxyl groups is 1. The Morgan fingerprint density at radius 3 is 2.45 bits per heavy atom. The SMILES string of the molecule is O=C(N/C(=C\c1c(O)ccc2ccccc12)c1nc2ccccc2[nH]1)c1ccccc1. The number of phenolic OH excluding ortho intramolecular Hbond substituents is 1. The van der Waals surface area contributed by atoms with E-state index < -0.39 is 0 Å². The molecule has 5 heteroatoms. The second kappa shape index (κ2) is 7.80. The van der Waals surface area contributed by atoms with E-state index in [1.165, 1.54) is 0 Å². The van der Waals surface area contributed by atoms with Crippen LogP contribution in [0.25, 0.3) is 33.6 Å². The van der Waals surface area contributed by atoms with Crippen LogP contribution in [-0.4, -0.2) is 21.0 Å². The predicted octanol–water partition coefficient (Wildman–Crippen LogP) is 5.35. The molecule has 0 aliphatic rings. The maximum absolute atomic E-state index is 12.9. The first-order valence-corrected chi connectivity index (χ1v) is 9.93. The number of amides is 1. The molecular formula is C26H19N3O2. The Morgan fingerprint density at radius 2 is 1.61 bits per heavy atom. The summed E-state index contributed by atoms with van der Waals surface area (Å²) < 4.78 is 0. The molecule has 1 amide bonds. The minimum Gasteiger partial charge on any atom is -0.507 e. The van der Waals surface area contributed by atoms with Gasteiger partial charge in [-0.1, -0.05) is 60.7 Å². The number of carbonyl (C=O) groups excluding carboxylic acids is 1. The molecule has 150 valence electrons. The Bertz CT molecular complexity index is 1400. The number of para-hydroxylation sites is 2. The second-order valence-corrected chi connectivity index (χ2v) is 7.20. The normalized spacial score (nSPS) is 11.7. The van der Waals surface area contributed by atoms with Gasteiger partial charge in [0.2, 0.25) is 0 Å². The lowest BCUT2D eigenvalue weighted by Crippen LogP contribution is -2.22. The van der Waals surface area contributed by atoms with Crippen LogP contribution >= 0.6 is 0 Å². The van der Waals surface area contributed by atoms with Crippen molar-refractivity contribution in [3.05, 3.63) is 108 Å². The third-order valence-electron chi connectivity index (χ3n) is 5.17. The maximum Gasteiger partial charge on any atom is 0.255 e. The highest BCUT2D eigenvalue weighted by Crippen LogP contribution is 2.30. The molecule has 1 heterocycles. The topological polar surface area (TPSA) is 78.0 Å². The van der Waals surface area contributed by atoms with E-state index >= 15 is 0 Å². The smallest absolute Gasteiger partial charge is 0.255 e. The lowest BCUT2D eigenvalue weighted by molar-refractivity contribution is 0.0973. The third kappa shape index (κ3) is 3.65. The van der Waals surface area contributed by atoms with Crippen molar-refractivity contribution < 1.29 is 9.90 Å². The minimum absolute atomic E-state index is 0.126. The Labute approximate surface area is 178 Å². The van der Waals surface area contributed by atoms with Crippen molar-refractivity contribution in [3.8, 4) is 5.75 Å². The summed E-state index contributed by atoms with van der Waals surface area (Å²) in [5.74, 6) is 0.381. The maximum atomic E-state index is 12.9. The molecule has 31 heavy (non-hydrogen) atoms. The summed E-state index contributed by atoms with van der Waals surface area (Å²) in [6.07, 6.45) is 1.76. The van der Waals surface area contributed by atoms with E-state index in [-0.39, 0.29) is 11.7 Å². The zero-order valence-corrected chi connectivity index (χ0v) is 16.5. The molecule has 0 aliphatic carbocycles. The number of carbonyl (C=O) groups is 1. The van der Waals surface area contributed by atoms with Crippen LogP contribution in [0.15, 0.2) is 91.0 Å². The molecule has 0 spiro atoms. The van der Waals surface area contributed by atoms with Gasteiger partial charge in [-0.25, -0.2) is 4.98 Å². The molecule has 5 aromatic rings. The fourth-order valence-electron chi connectivity index (χ4n) is 3.61. The molecule has 5 nitrogen and oxygen atoms in total. The summed E-state index contributed by atoms with van der Waals surface area (Å²) in [5.41, 5.74) is 3.27. The summed E-state index contributed by atoms with van der Waals surface area (Å²) in [5, 5.41) is 15.4. The van der Waals surface area contributed by atoms with Crippen LogP contribution in [0.2, 0.25) is 0 Å². The molecule has 0 bridgehead atoms. The van der Waals surface area contributed by atoms with Crippen LogP contribution < -0.4 is 5.32 Å². The molecule has 0 aliphatic heterocycles. The number of aromatic nitrogens is 2. The van der Waals surface area contributed by atoms with E-state index in [9.17, 15) is 9.90 Å². The molecular weight excluding hydrogens is 386 g/mol. The number of nitrogens with one attached hydrogen (secondary N) is 2. The number of hydrogen-bond acceptors (Lipinski definition) is 3. The molecule has 0 saturated carbocycles. The van der Waals surface area contributed by atoms with Gasteiger partial charge >= 0.3 is 0 Å². The van der Waals surface area contributed by atoms with Gasteiger partial charge in [0.25, 0.3) is 5.91 Å². The number of hydrogen-bond donors (Lipinski definition) is 3. The van der Waals surface area contributed by atoms with Crippen LogP contribution in [0.5, 0.6) is 5.75 Å². The quantitative estimate of drug-likeness (QED) is 0.377. The minimum atomic E-state index is -0.257. The average Bonchev–Trinajstić information content (AvgIpc) is 3.25. The van der Waals surface area contributed by atoms with Gasteiger partial charge in [0.1, 0.15) is 5.75 Å². The fraction of sp³-hybridized carbons (Fsp3) is 0. The summed E-state index contributed by atoms with van der Waals surface area (Å²) in [6, 6.07) is 28.0. The summed E-state index contributed by atoms with van der Waals surface area (Å²) in [6.45, 7) is 0. The predicted molar refractivity (Wildman–Crippen MR) is 123 cm³/mol. The third-order valence-corrected chi connectivity index (χ3v) is 5.17. The van der Waals surface area contributed by atoms with Crippen LogP contribution in [-0.2, 0) is 0 Å². The molecule has 5 rings (SSSR count). The van der Waals surface area contributed by atoms with Gasteiger partial charge in [-0.2, -0.15) is 0 Å². The number of rotatable bonds is 4. The van der Waals surface area contributed by atoms with Crippen molar-refractivity contribution in [3.63, 3.8) is 0 Å². The standard InChI is InChI=1S/C26H19N3O2/c30-24-15-14-17-8-4-5-11-19(17)20(24)16-23(29-26(31)18-9-2-1-3-10-18)25-27-21-12-6-7-13-22(21)28-25/h1-16,30H,(H,27,28)(H,29,31)/b23-16-. The van der Waals surface area contributed by atoms with E-state index in [1.54, 1.807) is 24.3 Å².